The zero-order valence-electron chi connectivity index (χ0n) is 18.3. The number of carbonyl (C=O) groups is 1. The second kappa shape index (κ2) is 9.10. The summed E-state index contributed by atoms with van der Waals surface area (Å²) in [5.74, 6) is 0.136. The third kappa shape index (κ3) is 4.68. The first-order valence-corrected chi connectivity index (χ1v) is 12.4. The summed E-state index contributed by atoms with van der Waals surface area (Å²) in [5, 5.41) is 0. The lowest BCUT2D eigenvalue weighted by molar-refractivity contribution is -0.137. The number of rotatable bonds is 5. The summed E-state index contributed by atoms with van der Waals surface area (Å²) in [6.45, 7) is 7.06. The number of sulfonamides is 1. The van der Waals surface area contributed by atoms with Crippen molar-refractivity contribution < 1.29 is 13.2 Å². The smallest absolute Gasteiger partial charge is 0.243 e. The predicted octanol–water partition coefficient (Wildman–Crippen LogP) is 2.80. The first-order chi connectivity index (χ1) is 14.9. The molecule has 0 spiro atoms. The van der Waals surface area contributed by atoms with Crippen LogP contribution in [0.1, 0.15) is 29.5 Å². The minimum atomic E-state index is -3.54. The van der Waals surface area contributed by atoms with Crippen molar-refractivity contribution >= 4 is 15.9 Å². The minimum absolute atomic E-state index is 0.109. The van der Waals surface area contributed by atoms with Gasteiger partial charge in [-0.05, 0) is 50.4 Å². The van der Waals surface area contributed by atoms with Gasteiger partial charge in [0.2, 0.25) is 15.9 Å². The number of benzene rings is 2. The van der Waals surface area contributed by atoms with Crippen LogP contribution in [0.3, 0.4) is 0 Å². The highest BCUT2D eigenvalue weighted by Gasteiger charge is 2.37. The number of nitrogens with zero attached hydrogens (tertiary/aromatic N) is 3. The Morgan fingerprint density at radius 1 is 0.968 bits per heavy atom. The first-order valence-electron chi connectivity index (χ1n) is 11.0. The molecule has 4 rings (SSSR count). The highest BCUT2D eigenvalue weighted by atomic mass is 32.2. The highest BCUT2D eigenvalue weighted by molar-refractivity contribution is 7.89. The fourth-order valence-corrected chi connectivity index (χ4v) is 6.33. The molecule has 2 aliphatic rings. The topological polar surface area (TPSA) is 60.9 Å². The van der Waals surface area contributed by atoms with Gasteiger partial charge in [-0.25, -0.2) is 8.42 Å². The molecule has 2 aromatic carbocycles. The van der Waals surface area contributed by atoms with Crippen LogP contribution in [0.2, 0.25) is 0 Å². The van der Waals surface area contributed by atoms with Crippen LogP contribution in [-0.4, -0.2) is 67.2 Å². The molecular weight excluding hydrogens is 410 g/mol. The Morgan fingerprint density at radius 2 is 1.68 bits per heavy atom. The van der Waals surface area contributed by atoms with Crippen LogP contribution in [0.5, 0.6) is 0 Å². The van der Waals surface area contributed by atoms with E-state index in [0.717, 1.165) is 37.1 Å². The highest BCUT2D eigenvalue weighted by Crippen LogP contribution is 2.25. The third-order valence-electron chi connectivity index (χ3n) is 6.38. The maximum absolute atomic E-state index is 13.2. The summed E-state index contributed by atoms with van der Waals surface area (Å²) in [7, 11) is -3.54. The molecule has 0 saturated carbocycles. The predicted molar refractivity (Wildman–Crippen MR) is 121 cm³/mol. The Kier molecular flexibility index (Phi) is 6.46. The Morgan fingerprint density at radius 3 is 2.35 bits per heavy atom. The van der Waals surface area contributed by atoms with Gasteiger partial charge in [-0.2, -0.15) is 4.31 Å². The molecule has 0 aromatic heterocycles. The molecule has 0 N–H and O–H groups in total. The van der Waals surface area contributed by atoms with E-state index in [9.17, 15) is 13.2 Å². The number of aryl methyl sites for hydroxylation is 2. The summed E-state index contributed by atoms with van der Waals surface area (Å²) in [5.41, 5.74) is 3.02. The molecule has 31 heavy (non-hydrogen) atoms. The zero-order valence-corrected chi connectivity index (χ0v) is 19.1. The van der Waals surface area contributed by atoms with Crippen LogP contribution in [0.15, 0.2) is 53.4 Å². The average molecular weight is 442 g/mol. The van der Waals surface area contributed by atoms with E-state index in [0.29, 0.717) is 31.1 Å². The Hall–Kier alpha value is -2.22. The van der Waals surface area contributed by atoms with E-state index in [1.165, 1.54) is 9.87 Å². The van der Waals surface area contributed by atoms with E-state index in [1.807, 2.05) is 49.1 Å². The molecule has 1 atom stereocenters. The van der Waals surface area contributed by atoms with Gasteiger partial charge in [0.25, 0.3) is 0 Å². The molecule has 6 nitrogen and oxygen atoms in total. The van der Waals surface area contributed by atoms with Gasteiger partial charge in [0.05, 0.1) is 10.9 Å². The van der Waals surface area contributed by atoms with Crippen molar-refractivity contribution in [2.24, 2.45) is 0 Å². The number of amides is 1. The molecule has 0 bridgehead atoms. The van der Waals surface area contributed by atoms with Crippen molar-refractivity contribution in [2.75, 3.05) is 32.7 Å². The van der Waals surface area contributed by atoms with E-state index in [1.54, 1.807) is 6.07 Å². The van der Waals surface area contributed by atoms with Crippen molar-refractivity contribution in [1.29, 1.82) is 0 Å². The first kappa shape index (κ1) is 22.0. The second-order valence-electron chi connectivity index (χ2n) is 8.61. The zero-order chi connectivity index (χ0) is 22.0. The molecule has 2 aromatic rings. The molecular formula is C24H31N3O3S. The summed E-state index contributed by atoms with van der Waals surface area (Å²) in [6, 6.07) is 15.6. The molecule has 0 unspecified atom stereocenters. The van der Waals surface area contributed by atoms with Gasteiger partial charge in [0, 0.05) is 32.7 Å². The molecule has 2 fully saturated rings. The number of piperazine rings is 1. The molecule has 0 aliphatic carbocycles. The van der Waals surface area contributed by atoms with Gasteiger partial charge in [-0.15, -0.1) is 0 Å². The fourth-order valence-electron chi connectivity index (χ4n) is 4.70. The van der Waals surface area contributed by atoms with Gasteiger partial charge in [0.15, 0.2) is 0 Å². The van der Waals surface area contributed by atoms with Crippen molar-refractivity contribution in [2.45, 2.75) is 44.2 Å². The monoisotopic (exact) mass is 441 g/mol. The van der Waals surface area contributed by atoms with Crippen LogP contribution in [0.25, 0.3) is 0 Å². The Balaban J connectivity index is 1.39. The molecule has 7 heteroatoms. The summed E-state index contributed by atoms with van der Waals surface area (Å²) < 4.78 is 27.8. The van der Waals surface area contributed by atoms with Crippen LogP contribution in [-0.2, 0) is 21.4 Å². The van der Waals surface area contributed by atoms with E-state index < -0.39 is 10.0 Å². The molecule has 166 valence electrons. The molecule has 2 aliphatic heterocycles. The van der Waals surface area contributed by atoms with Crippen LogP contribution in [0, 0.1) is 13.8 Å². The van der Waals surface area contributed by atoms with Crippen molar-refractivity contribution in [3.63, 3.8) is 0 Å². The maximum Gasteiger partial charge on any atom is 0.243 e. The van der Waals surface area contributed by atoms with Gasteiger partial charge in [-0.3, -0.25) is 9.69 Å². The van der Waals surface area contributed by atoms with Crippen molar-refractivity contribution in [1.82, 2.24) is 14.1 Å². The maximum atomic E-state index is 13.2. The van der Waals surface area contributed by atoms with E-state index in [2.05, 4.69) is 17.0 Å². The molecule has 0 radical (unpaired) electrons. The number of carbonyl (C=O) groups excluding carboxylic acids is 1. The normalized spacial score (nSPS) is 20.8. The van der Waals surface area contributed by atoms with Gasteiger partial charge in [0.1, 0.15) is 0 Å². The Labute approximate surface area is 185 Å². The summed E-state index contributed by atoms with van der Waals surface area (Å²) in [4.78, 5) is 17.7. The average Bonchev–Trinajstić information content (AvgIpc) is 3.22. The van der Waals surface area contributed by atoms with E-state index >= 15 is 0 Å². The third-order valence-corrected chi connectivity index (χ3v) is 8.43. The van der Waals surface area contributed by atoms with Crippen LogP contribution < -0.4 is 0 Å². The summed E-state index contributed by atoms with van der Waals surface area (Å²) in [6.07, 6.45) is 1.89. The Bertz CT molecular complexity index is 1030. The van der Waals surface area contributed by atoms with Gasteiger partial charge < -0.3 is 4.90 Å². The van der Waals surface area contributed by atoms with E-state index in [-0.39, 0.29) is 11.9 Å². The quantitative estimate of drug-likeness (QED) is 0.716. The number of likely N-dealkylation sites (tertiary alicyclic amines) is 1. The lowest BCUT2D eigenvalue weighted by atomic mass is 10.1. The minimum Gasteiger partial charge on any atom is -0.339 e. The SMILES string of the molecule is Cc1ccc(S(=O)(=O)N2CCN(C(=O)[C@H]3CCCN3Cc3ccccc3)CC2)c(C)c1. The molecule has 2 saturated heterocycles. The molecule has 2 heterocycles. The van der Waals surface area contributed by atoms with Crippen LogP contribution >= 0.6 is 0 Å². The number of hydrogen-bond donors (Lipinski definition) is 0. The van der Waals surface area contributed by atoms with Gasteiger partial charge in [-0.1, -0.05) is 48.0 Å². The fraction of sp³-hybridized carbons (Fsp3) is 0.458. The van der Waals surface area contributed by atoms with E-state index in [4.69, 9.17) is 0 Å². The lowest BCUT2D eigenvalue weighted by Gasteiger charge is -2.37. The van der Waals surface area contributed by atoms with Crippen molar-refractivity contribution in [3.05, 3.63) is 65.2 Å². The summed E-state index contributed by atoms with van der Waals surface area (Å²) >= 11 is 0. The molecule has 1 amide bonds. The second-order valence-corrected chi connectivity index (χ2v) is 10.5. The van der Waals surface area contributed by atoms with Crippen molar-refractivity contribution in [3.8, 4) is 0 Å². The standard InChI is InChI=1S/C24H31N3O3S/c1-19-10-11-23(20(2)17-19)31(29,30)27-15-13-25(14-16-27)24(28)22-9-6-12-26(22)18-21-7-4-3-5-8-21/h3-5,7-8,10-11,17,22H,6,9,12-16,18H2,1-2H3/t22-/m1/s1. The van der Waals surface area contributed by atoms with Gasteiger partial charge >= 0.3 is 0 Å². The van der Waals surface area contributed by atoms with Crippen LogP contribution in [0.4, 0.5) is 0 Å². The number of hydrogen-bond acceptors (Lipinski definition) is 4. The lowest BCUT2D eigenvalue weighted by Crippen LogP contribution is -2.54. The largest absolute Gasteiger partial charge is 0.339 e.